The summed E-state index contributed by atoms with van der Waals surface area (Å²) in [4.78, 5) is 39.3. The molecule has 1 fully saturated rings. The average Bonchev–Trinajstić information content (AvgIpc) is 2.91. The molecule has 0 aliphatic carbocycles. The van der Waals surface area contributed by atoms with Gasteiger partial charge in [-0.1, -0.05) is 30.3 Å². The molecule has 134 valence electrons. The SMILES string of the molecule is CCN(c1ccccc1)C1CC(=O)N(c2ccc(CC(=O)O)cc2)C1=O. The molecule has 0 bridgehead atoms. The Morgan fingerprint density at radius 1 is 1.12 bits per heavy atom. The Hall–Kier alpha value is -3.15. The van der Waals surface area contributed by atoms with E-state index in [1.54, 1.807) is 24.3 Å². The quantitative estimate of drug-likeness (QED) is 0.808. The second kappa shape index (κ2) is 7.39. The van der Waals surface area contributed by atoms with Crippen molar-refractivity contribution in [1.29, 1.82) is 0 Å². The molecule has 6 nitrogen and oxygen atoms in total. The van der Waals surface area contributed by atoms with Gasteiger partial charge >= 0.3 is 5.97 Å². The van der Waals surface area contributed by atoms with Gasteiger partial charge in [-0.15, -0.1) is 0 Å². The molecule has 2 aromatic rings. The summed E-state index contributed by atoms with van der Waals surface area (Å²) in [5, 5.41) is 8.84. The maximum atomic E-state index is 12.9. The molecule has 2 amide bonds. The lowest BCUT2D eigenvalue weighted by Gasteiger charge is -2.28. The van der Waals surface area contributed by atoms with Crippen LogP contribution in [0.1, 0.15) is 18.9 Å². The molecule has 3 rings (SSSR count). The minimum absolute atomic E-state index is 0.0948. The summed E-state index contributed by atoms with van der Waals surface area (Å²) in [6.07, 6.45) is 0.0286. The third kappa shape index (κ3) is 3.44. The number of benzene rings is 2. The molecule has 26 heavy (non-hydrogen) atoms. The van der Waals surface area contributed by atoms with E-state index in [-0.39, 0.29) is 24.7 Å². The van der Waals surface area contributed by atoms with Crippen LogP contribution in [0, 0.1) is 0 Å². The van der Waals surface area contributed by atoms with Crippen molar-refractivity contribution in [2.75, 3.05) is 16.3 Å². The van der Waals surface area contributed by atoms with E-state index in [0.29, 0.717) is 17.8 Å². The van der Waals surface area contributed by atoms with Crippen LogP contribution in [0.25, 0.3) is 0 Å². The predicted molar refractivity (Wildman–Crippen MR) is 98.1 cm³/mol. The molecule has 6 heteroatoms. The van der Waals surface area contributed by atoms with Gasteiger partial charge in [-0.05, 0) is 36.8 Å². The Kier molecular flexibility index (Phi) is 5.02. The largest absolute Gasteiger partial charge is 0.481 e. The van der Waals surface area contributed by atoms with E-state index in [2.05, 4.69) is 0 Å². The average molecular weight is 352 g/mol. The van der Waals surface area contributed by atoms with Crippen molar-refractivity contribution in [3.05, 3.63) is 60.2 Å². The minimum Gasteiger partial charge on any atom is -0.481 e. The van der Waals surface area contributed by atoms with Crippen LogP contribution in [-0.4, -0.2) is 35.5 Å². The lowest BCUT2D eigenvalue weighted by molar-refractivity contribution is -0.136. The molecule has 0 radical (unpaired) electrons. The Morgan fingerprint density at radius 3 is 2.35 bits per heavy atom. The molecule has 0 saturated carbocycles. The van der Waals surface area contributed by atoms with Gasteiger partial charge in [0.2, 0.25) is 5.91 Å². The first kappa shape index (κ1) is 17.7. The van der Waals surface area contributed by atoms with Crippen molar-refractivity contribution >= 4 is 29.2 Å². The second-order valence-corrected chi connectivity index (χ2v) is 6.15. The minimum atomic E-state index is -0.924. The standard InChI is InChI=1S/C20H20N2O4/c1-2-21(15-6-4-3-5-7-15)17-13-18(23)22(20(17)26)16-10-8-14(9-11-16)12-19(24)25/h3-11,17H,2,12-13H2,1H3,(H,24,25). The number of hydrogen-bond donors (Lipinski definition) is 1. The summed E-state index contributed by atoms with van der Waals surface area (Å²) in [5.41, 5.74) is 2.00. The highest BCUT2D eigenvalue weighted by molar-refractivity contribution is 6.23. The number of anilines is 2. The number of carboxylic acids is 1. The van der Waals surface area contributed by atoms with Gasteiger partial charge in [-0.2, -0.15) is 0 Å². The number of carboxylic acid groups (broad SMARTS) is 1. The lowest BCUT2D eigenvalue weighted by Crippen LogP contribution is -2.42. The van der Waals surface area contributed by atoms with Crippen molar-refractivity contribution in [2.45, 2.75) is 25.8 Å². The van der Waals surface area contributed by atoms with E-state index in [9.17, 15) is 14.4 Å². The number of nitrogens with zero attached hydrogens (tertiary/aromatic N) is 2. The highest BCUT2D eigenvalue weighted by Gasteiger charge is 2.42. The smallest absolute Gasteiger partial charge is 0.307 e. The van der Waals surface area contributed by atoms with Gasteiger partial charge in [0.25, 0.3) is 5.91 Å². The molecule has 2 aromatic carbocycles. The Morgan fingerprint density at radius 2 is 1.77 bits per heavy atom. The van der Waals surface area contributed by atoms with Gasteiger partial charge in [0, 0.05) is 12.2 Å². The van der Waals surface area contributed by atoms with Crippen LogP contribution < -0.4 is 9.80 Å². The van der Waals surface area contributed by atoms with Crippen molar-refractivity contribution < 1.29 is 19.5 Å². The third-order valence-electron chi connectivity index (χ3n) is 4.48. The second-order valence-electron chi connectivity index (χ2n) is 6.15. The zero-order chi connectivity index (χ0) is 18.7. The van der Waals surface area contributed by atoms with Crippen LogP contribution in [0.3, 0.4) is 0 Å². The van der Waals surface area contributed by atoms with Gasteiger partial charge in [0.05, 0.1) is 18.5 Å². The molecule has 1 atom stereocenters. The zero-order valence-corrected chi connectivity index (χ0v) is 14.5. The van der Waals surface area contributed by atoms with Crippen LogP contribution >= 0.6 is 0 Å². The number of likely N-dealkylation sites (N-methyl/N-ethyl adjacent to an activating group) is 1. The van der Waals surface area contributed by atoms with Gasteiger partial charge < -0.3 is 10.0 Å². The summed E-state index contributed by atoms with van der Waals surface area (Å²) in [6.45, 7) is 2.56. The van der Waals surface area contributed by atoms with Crippen molar-refractivity contribution in [1.82, 2.24) is 0 Å². The molecule has 0 aromatic heterocycles. The molecule has 1 aliphatic rings. The highest BCUT2D eigenvalue weighted by Crippen LogP contribution is 2.28. The van der Waals surface area contributed by atoms with E-state index >= 15 is 0 Å². The molecule has 1 unspecified atom stereocenters. The van der Waals surface area contributed by atoms with E-state index in [1.807, 2.05) is 42.2 Å². The fourth-order valence-electron chi connectivity index (χ4n) is 3.27. The highest BCUT2D eigenvalue weighted by atomic mass is 16.4. The molecule has 1 heterocycles. The molecule has 1 N–H and O–H groups in total. The van der Waals surface area contributed by atoms with Gasteiger partial charge in [-0.3, -0.25) is 14.4 Å². The van der Waals surface area contributed by atoms with E-state index in [4.69, 9.17) is 5.11 Å². The van der Waals surface area contributed by atoms with Crippen molar-refractivity contribution in [2.24, 2.45) is 0 Å². The number of hydrogen-bond acceptors (Lipinski definition) is 4. The number of carbonyl (C=O) groups excluding carboxylic acids is 2. The normalized spacial score (nSPS) is 16.8. The van der Waals surface area contributed by atoms with Crippen molar-refractivity contribution in [3.8, 4) is 0 Å². The summed E-state index contributed by atoms with van der Waals surface area (Å²) in [6, 6.07) is 15.5. The van der Waals surface area contributed by atoms with Gasteiger partial charge in [0.1, 0.15) is 6.04 Å². The van der Waals surface area contributed by atoms with Crippen LogP contribution in [0.4, 0.5) is 11.4 Å². The zero-order valence-electron chi connectivity index (χ0n) is 14.5. The number of para-hydroxylation sites is 1. The van der Waals surface area contributed by atoms with E-state index in [0.717, 1.165) is 5.69 Å². The Labute approximate surface area is 151 Å². The van der Waals surface area contributed by atoms with Crippen molar-refractivity contribution in [3.63, 3.8) is 0 Å². The molecule has 0 spiro atoms. The van der Waals surface area contributed by atoms with E-state index in [1.165, 1.54) is 4.90 Å². The fourth-order valence-corrected chi connectivity index (χ4v) is 3.27. The summed E-state index contributed by atoms with van der Waals surface area (Å²) >= 11 is 0. The number of aliphatic carboxylic acids is 1. The van der Waals surface area contributed by atoms with Crippen LogP contribution in [0.15, 0.2) is 54.6 Å². The number of amides is 2. The first-order chi connectivity index (χ1) is 12.5. The first-order valence-corrected chi connectivity index (χ1v) is 8.50. The maximum Gasteiger partial charge on any atom is 0.307 e. The topological polar surface area (TPSA) is 77.9 Å². The monoisotopic (exact) mass is 352 g/mol. The number of rotatable bonds is 6. The number of imide groups is 1. The molecular weight excluding hydrogens is 332 g/mol. The summed E-state index contributed by atoms with van der Waals surface area (Å²) in [5.74, 6) is -1.43. The third-order valence-corrected chi connectivity index (χ3v) is 4.48. The lowest BCUT2D eigenvalue weighted by atomic mass is 10.1. The molecule has 1 saturated heterocycles. The Bertz CT molecular complexity index is 817. The van der Waals surface area contributed by atoms with Crippen LogP contribution in [-0.2, 0) is 20.8 Å². The van der Waals surface area contributed by atoms with Gasteiger partial charge in [0.15, 0.2) is 0 Å². The maximum absolute atomic E-state index is 12.9. The number of carbonyl (C=O) groups is 3. The fraction of sp³-hybridized carbons (Fsp3) is 0.250. The summed E-state index contributed by atoms with van der Waals surface area (Å²) in [7, 11) is 0. The molecular formula is C20H20N2O4. The van der Waals surface area contributed by atoms with Gasteiger partial charge in [-0.25, -0.2) is 4.90 Å². The molecule has 1 aliphatic heterocycles. The van der Waals surface area contributed by atoms with Crippen LogP contribution in [0.2, 0.25) is 0 Å². The summed E-state index contributed by atoms with van der Waals surface area (Å²) < 4.78 is 0. The van der Waals surface area contributed by atoms with E-state index < -0.39 is 12.0 Å². The van der Waals surface area contributed by atoms with Crippen LogP contribution in [0.5, 0.6) is 0 Å². The predicted octanol–water partition coefficient (Wildman–Crippen LogP) is 2.47. The first-order valence-electron chi connectivity index (χ1n) is 8.50. The Balaban J connectivity index is 1.83.